The topological polar surface area (TPSA) is 20.2 Å². The third-order valence-electron chi connectivity index (χ3n) is 8.68. The second-order valence-corrected chi connectivity index (χ2v) is 9.61. The number of aliphatic hydroxyl groups is 1. The number of hydrogen-bond acceptors (Lipinski definition) is 1. The van der Waals surface area contributed by atoms with Crippen molar-refractivity contribution in [3.05, 3.63) is 11.6 Å². The largest absolute Gasteiger partial charge is 0.393 e. The fourth-order valence-electron chi connectivity index (χ4n) is 7.34. The Labute approximate surface area is 136 Å². The number of allylic oxidation sites excluding steroid dienone is 2. The van der Waals surface area contributed by atoms with E-state index in [1.807, 2.05) is 0 Å². The highest BCUT2D eigenvalue weighted by atomic mass is 16.3. The molecule has 4 rings (SSSR count). The van der Waals surface area contributed by atoms with Crippen LogP contribution in [0.15, 0.2) is 11.6 Å². The number of aliphatic hydroxyl groups excluding tert-OH is 1. The zero-order chi connectivity index (χ0) is 15.5. The monoisotopic (exact) mass is 302 g/mol. The zero-order valence-electron chi connectivity index (χ0n) is 14.8. The lowest BCUT2D eigenvalue weighted by Gasteiger charge is -2.60. The highest BCUT2D eigenvalue weighted by molar-refractivity contribution is 5.18. The summed E-state index contributed by atoms with van der Waals surface area (Å²) in [6, 6.07) is 0. The molecule has 4 aliphatic carbocycles. The van der Waals surface area contributed by atoms with Gasteiger partial charge in [-0.1, -0.05) is 25.5 Å². The average Bonchev–Trinajstić information content (AvgIpc) is 2.85. The molecule has 0 unspecified atom stereocenters. The van der Waals surface area contributed by atoms with Gasteiger partial charge in [0.05, 0.1) is 6.10 Å². The van der Waals surface area contributed by atoms with E-state index >= 15 is 0 Å². The van der Waals surface area contributed by atoms with Crippen molar-refractivity contribution >= 4 is 0 Å². The van der Waals surface area contributed by atoms with Gasteiger partial charge in [-0.05, 0) is 99.2 Å². The molecule has 0 radical (unpaired) electrons. The lowest BCUT2D eigenvalue weighted by molar-refractivity contribution is -0.120. The Bertz CT molecular complexity index is 480. The molecule has 0 aromatic rings. The minimum Gasteiger partial charge on any atom is -0.393 e. The van der Waals surface area contributed by atoms with E-state index in [0.29, 0.717) is 10.8 Å². The predicted molar refractivity (Wildman–Crippen MR) is 91.5 cm³/mol. The van der Waals surface area contributed by atoms with Gasteiger partial charge in [0.15, 0.2) is 0 Å². The fraction of sp³-hybridized carbons (Fsp3) is 0.905. The van der Waals surface area contributed by atoms with Gasteiger partial charge in [-0.15, -0.1) is 0 Å². The summed E-state index contributed by atoms with van der Waals surface area (Å²) < 4.78 is 0. The zero-order valence-corrected chi connectivity index (χ0v) is 14.8. The van der Waals surface area contributed by atoms with Gasteiger partial charge in [-0.25, -0.2) is 0 Å². The first kappa shape index (κ1) is 15.2. The van der Waals surface area contributed by atoms with Crippen molar-refractivity contribution in [1.29, 1.82) is 0 Å². The summed E-state index contributed by atoms with van der Waals surface area (Å²) in [6.45, 7) is 7.42. The summed E-state index contributed by atoms with van der Waals surface area (Å²) in [7, 11) is 0. The lowest BCUT2D eigenvalue weighted by Crippen LogP contribution is -2.53. The molecule has 0 aliphatic heterocycles. The molecular formula is C21H34O. The Morgan fingerprint density at radius 2 is 1.86 bits per heavy atom. The van der Waals surface area contributed by atoms with E-state index in [0.717, 1.165) is 36.5 Å². The maximum Gasteiger partial charge on any atom is 0.0543 e. The summed E-state index contributed by atoms with van der Waals surface area (Å²) in [5.41, 5.74) is 2.86. The lowest BCUT2D eigenvalue weighted by atomic mass is 9.45. The molecule has 0 saturated heterocycles. The van der Waals surface area contributed by atoms with Gasteiger partial charge in [-0.2, -0.15) is 0 Å². The third kappa shape index (κ3) is 2.07. The van der Waals surface area contributed by atoms with Crippen LogP contribution < -0.4 is 0 Å². The molecular weight excluding hydrogens is 268 g/mol. The predicted octanol–water partition coefficient (Wildman–Crippen LogP) is 5.34. The summed E-state index contributed by atoms with van der Waals surface area (Å²) in [5.74, 6) is 3.65. The van der Waals surface area contributed by atoms with E-state index in [1.54, 1.807) is 5.57 Å². The highest BCUT2D eigenvalue weighted by Gasteiger charge is 2.58. The van der Waals surface area contributed by atoms with Crippen molar-refractivity contribution in [2.24, 2.45) is 34.5 Å². The Kier molecular flexibility index (Phi) is 3.53. The molecule has 0 aromatic heterocycles. The van der Waals surface area contributed by atoms with Crippen LogP contribution in [0.1, 0.15) is 78.6 Å². The van der Waals surface area contributed by atoms with Crippen LogP contribution >= 0.6 is 0 Å². The van der Waals surface area contributed by atoms with Gasteiger partial charge >= 0.3 is 0 Å². The average molecular weight is 303 g/mol. The minimum atomic E-state index is -0.00964. The Hall–Kier alpha value is -0.300. The third-order valence-corrected chi connectivity index (χ3v) is 8.68. The van der Waals surface area contributed by atoms with Crippen LogP contribution in [0, 0.1) is 34.5 Å². The van der Waals surface area contributed by atoms with Crippen LogP contribution in [-0.4, -0.2) is 11.2 Å². The Morgan fingerprint density at radius 1 is 1.05 bits per heavy atom. The van der Waals surface area contributed by atoms with E-state index in [9.17, 15) is 5.11 Å². The first-order chi connectivity index (χ1) is 10.5. The van der Waals surface area contributed by atoms with Crippen LogP contribution in [0.2, 0.25) is 0 Å². The number of rotatable bonds is 0. The van der Waals surface area contributed by atoms with Crippen molar-refractivity contribution < 1.29 is 5.11 Å². The maximum absolute atomic E-state index is 10.1. The summed E-state index contributed by atoms with van der Waals surface area (Å²) in [6.07, 6.45) is 14.3. The molecule has 0 bridgehead atoms. The van der Waals surface area contributed by atoms with Crippen LogP contribution in [0.3, 0.4) is 0 Å². The second kappa shape index (κ2) is 5.10. The van der Waals surface area contributed by atoms with Crippen molar-refractivity contribution in [3.63, 3.8) is 0 Å². The second-order valence-electron chi connectivity index (χ2n) is 9.61. The quantitative estimate of drug-likeness (QED) is 0.599. The molecule has 0 aromatic carbocycles. The SMILES string of the molecule is C/C=C1/C[C@@H]2[C@H]3CC[C@@H]4C[C@@H](O)CC[C@@]4(C)[C@@H]3CC[C@@]2(C)C1. The normalized spacial score (nSPS) is 56.4. The van der Waals surface area contributed by atoms with E-state index in [-0.39, 0.29) is 6.10 Å². The van der Waals surface area contributed by atoms with E-state index in [2.05, 4.69) is 26.8 Å². The molecule has 124 valence electrons. The van der Waals surface area contributed by atoms with Gasteiger partial charge in [0.2, 0.25) is 0 Å². The van der Waals surface area contributed by atoms with Crippen molar-refractivity contribution in [2.45, 2.75) is 84.7 Å². The van der Waals surface area contributed by atoms with Gasteiger partial charge in [0, 0.05) is 0 Å². The number of hydrogen-bond donors (Lipinski definition) is 1. The van der Waals surface area contributed by atoms with Crippen LogP contribution in [0.25, 0.3) is 0 Å². The Balaban J connectivity index is 1.62. The molecule has 7 atom stereocenters. The molecule has 0 heterocycles. The summed E-state index contributed by atoms with van der Waals surface area (Å²) >= 11 is 0. The highest BCUT2D eigenvalue weighted by Crippen LogP contribution is 2.66. The molecule has 1 nitrogen and oxygen atoms in total. The molecule has 22 heavy (non-hydrogen) atoms. The molecule has 4 aliphatic rings. The molecule has 1 N–H and O–H groups in total. The minimum absolute atomic E-state index is 0.00964. The van der Waals surface area contributed by atoms with E-state index in [1.165, 1.54) is 44.9 Å². The smallest absolute Gasteiger partial charge is 0.0543 e. The molecule has 4 fully saturated rings. The first-order valence-corrected chi connectivity index (χ1v) is 9.78. The standard InChI is InChI=1S/C21H34O/c1-4-14-11-19-17-6-5-15-12-16(22)7-10-21(15,3)18(17)8-9-20(19,2)13-14/h4,15-19,22H,5-13H2,1-3H3/b14-4-/t15-,16+,17+,18-,19-,20+,21-/m1/s1. The van der Waals surface area contributed by atoms with Crippen molar-refractivity contribution in [3.8, 4) is 0 Å². The molecule has 0 spiro atoms. The maximum atomic E-state index is 10.1. The molecule has 0 amide bonds. The van der Waals surface area contributed by atoms with Gasteiger partial charge < -0.3 is 5.11 Å². The Morgan fingerprint density at radius 3 is 2.64 bits per heavy atom. The number of fused-ring (bicyclic) bond motifs is 5. The van der Waals surface area contributed by atoms with E-state index < -0.39 is 0 Å². The summed E-state index contributed by atoms with van der Waals surface area (Å²) in [5, 5.41) is 10.1. The molecule has 1 heteroatoms. The van der Waals surface area contributed by atoms with Crippen LogP contribution in [0.5, 0.6) is 0 Å². The van der Waals surface area contributed by atoms with Gasteiger partial charge in [0.25, 0.3) is 0 Å². The first-order valence-electron chi connectivity index (χ1n) is 9.78. The summed E-state index contributed by atoms with van der Waals surface area (Å²) in [4.78, 5) is 0. The fourth-order valence-corrected chi connectivity index (χ4v) is 7.34. The van der Waals surface area contributed by atoms with Crippen molar-refractivity contribution in [1.82, 2.24) is 0 Å². The molecule has 4 saturated carbocycles. The van der Waals surface area contributed by atoms with Gasteiger partial charge in [-0.3, -0.25) is 0 Å². The van der Waals surface area contributed by atoms with Crippen LogP contribution in [0.4, 0.5) is 0 Å². The van der Waals surface area contributed by atoms with Crippen molar-refractivity contribution in [2.75, 3.05) is 0 Å². The van der Waals surface area contributed by atoms with Crippen LogP contribution in [-0.2, 0) is 0 Å². The van der Waals surface area contributed by atoms with E-state index in [4.69, 9.17) is 0 Å². The van der Waals surface area contributed by atoms with Gasteiger partial charge in [0.1, 0.15) is 0 Å².